The lowest BCUT2D eigenvalue weighted by atomic mass is 10.0. The zero-order valence-electron chi connectivity index (χ0n) is 15.7. The number of hydrogen-bond donors (Lipinski definition) is 3. The third-order valence-electron chi connectivity index (χ3n) is 4.45. The van der Waals surface area contributed by atoms with Crippen LogP contribution in [0.15, 0.2) is 53.5 Å². The van der Waals surface area contributed by atoms with E-state index in [1.54, 1.807) is 13.8 Å². The Kier molecular flexibility index (Phi) is 6.01. The van der Waals surface area contributed by atoms with Crippen molar-refractivity contribution in [3.63, 3.8) is 0 Å². The maximum atomic E-state index is 11.9. The number of anilines is 2. The van der Waals surface area contributed by atoms with Gasteiger partial charge in [0.15, 0.2) is 15.8 Å². The molecule has 1 aliphatic heterocycles. The van der Waals surface area contributed by atoms with Crippen LogP contribution in [0.2, 0.25) is 0 Å². The molecule has 0 saturated heterocycles. The first-order chi connectivity index (χ1) is 12.9. The lowest BCUT2D eigenvalue weighted by Crippen LogP contribution is -2.26. The summed E-state index contributed by atoms with van der Waals surface area (Å²) in [4.78, 5) is 4.32. The van der Waals surface area contributed by atoms with Gasteiger partial charge < -0.3 is 16.0 Å². The fraction of sp³-hybridized carbons (Fsp3) is 0.350. The van der Waals surface area contributed by atoms with Crippen molar-refractivity contribution in [1.82, 2.24) is 5.32 Å². The average Bonchev–Trinajstić information content (AvgIpc) is 3.16. The first kappa shape index (κ1) is 19.2. The Morgan fingerprint density at radius 2 is 1.59 bits per heavy atom. The second kappa shape index (κ2) is 8.43. The van der Waals surface area contributed by atoms with E-state index in [4.69, 9.17) is 0 Å². The van der Waals surface area contributed by atoms with E-state index in [0.29, 0.717) is 0 Å². The van der Waals surface area contributed by atoms with Gasteiger partial charge in [-0.1, -0.05) is 24.3 Å². The summed E-state index contributed by atoms with van der Waals surface area (Å²) in [5.74, 6) is 0.781. The van der Waals surface area contributed by atoms with E-state index in [9.17, 15) is 8.42 Å². The number of hydrogen-bond acceptors (Lipinski definition) is 6. The molecule has 0 amide bonds. The van der Waals surface area contributed by atoms with Gasteiger partial charge in [0.1, 0.15) is 5.88 Å². The van der Waals surface area contributed by atoms with E-state index >= 15 is 0 Å². The predicted octanol–water partition coefficient (Wildman–Crippen LogP) is 2.84. The molecule has 0 saturated carbocycles. The van der Waals surface area contributed by atoms with E-state index in [1.807, 2.05) is 36.4 Å². The van der Waals surface area contributed by atoms with Crippen molar-refractivity contribution >= 4 is 27.2 Å². The highest BCUT2D eigenvalue weighted by Crippen LogP contribution is 2.16. The Labute approximate surface area is 161 Å². The summed E-state index contributed by atoms with van der Waals surface area (Å²) >= 11 is 0. The Morgan fingerprint density at radius 3 is 2.11 bits per heavy atom. The fourth-order valence-electron chi connectivity index (χ4n) is 2.65. The number of sulfone groups is 1. The van der Waals surface area contributed by atoms with Gasteiger partial charge in [-0.25, -0.2) is 8.42 Å². The number of guanidine groups is 1. The quantitative estimate of drug-likeness (QED) is 0.682. The van der Waals surface area contributed by atoms with Crippen LogP contribution in [0.5, 0.6) is 0 Å². The molecule has 6 nitrogen and oxygen atoms in total. The Morgan fingerprint density at radius 1 is 1.00 bits per heavy atom. The fourth-order valence-corrected chi connectivity index (χ4v) is 3.35. The summed E-state index contributed by atoms with van der Waals surface area (Å²) in [5.41, 5.74) is 4.21. The Bertz CT molecular complexity index is 889. The SMILES string of the molecule is CC(C)S(=O)(=O)CNc1ccc(Cc2ccc(NC3=NCCN3)cc2)cc1. The molecular formula is C20H26N4O2S. The van der Waals surface area contributed by atoms with Crippen LogP contribution >= 0.6 is 0 Å². The smallest absolute Gasteiger partial charge is 0.195 e. The van der Waals surface area contributed by atoms with Crippen LogP contribution < -0.4 is 16.0 Å². The van der Waals surface area contributed by atoms with Crippen molar-refractivity contribution in [2.45, 2.75) is 25.5 Å². The molecule has 0 spiro atoms. The Hall–Kier alpha value is -2.54. The van der Waals surface area contributed by atoms with E-state index in [2.05, 4.69) is 33.1 Å². The number of nitrogens with one attached hydrogen (secondary N) is 3. The molecule has 27 heavy (non-hydrogen) atoms. The molecule has 1 aliphatic rings. The molecule has 7 heteroatoms. The van der Waals surface area contributed by atoms with Crippen molar-refractivity contribution in [2.75, 3.05) is 29.6 Å². The summed E-state index contributed by atoms with van der Waals surface area (Å²) < 4.78 is 23.7. The van der Waals surface area contributed by atoms with Gasteiger partial charge in [-0.2, -0.15) is 0 Å². The van der Waals surface area contributed by atoms with Gasteiger partial charge in [-0.05, 0) is 55.7 Å². The molecule has 1 heterocycles. The van der Waals surface area contributed by atoms with E-state index in [1.165, 1.54) is 11.1 Å². The zero-order chi connectivity index (χ0) is 19.3. The van der Waals surface area contributed by atoms with Gasteiger partial charge in [0.2, 0.25) is 0 Å². The van der Waals surface area contributed by atoms with Crippen molar-refractivity contribution < 1.29 is 8.42 Å². The molecule has 0 bridgehead atoms. The maximum Gasteiger partial charge on any atom is 0.195 e. The van der Waals surface area contributed by atoms with Crippen molar-refractivity contribution in [3.8, 4) is 0 Å². The minimum absolute atomic E-state index is 0.0430. The summed E-state index contributed by atoms with van der Waals surface area (Å²) in [7, 11) is -3.10. The highest BCUT2D eigenvalue weighted by atomic mass is 32.2. The number of nitrogens with zero attached hydrogens (tertiary/aromatic N) is 1. The van der Waals surface area contributed by atoms with Crippen LogP contribution in [0.25, 0.3) is 0 Å². The largest absolute Gasteiger partial charge is 0.372 e. The summed E-state index contributed by atoms with van der Waals surface area (Å²) in [5, 5.41) is 9.05. The van der Waals surface area contributed by atoms with Gasteiger partial charge in [-0.3, -0.25) is 4.99 Å². The van der Waals surface area contributed by atoms with Gasteiger partial charge in [0.25, 0.3) is 0 Å². The standard InChI is InChI=1S/C20H26N4O2S/c1-15(2)27(25,26)14-23-18-7-3-16(4-8-18)13-17-5-9-19(10-6-17)24-20-21-11-12-22-20/h3-10,15,23H,11-14H2,1-2H3,(H2,21,22,24). The third-order valence-corrected chi connectivity index (χ3v) is 6.43. The molecule has 0 atom stereocenters. The maximum absolute atomic E-state index is 11.9. The highest BCUT2D eigenvalue weighted by Gasteiger charge is 2.15. The van der Waals surface area contributed by atoms with Crippen LogP contribution in [-0.2, 0) is 16.3 Å². The molecule has 0 aliphatic carbocycles. The molecule has 0 aromatic heterocycles. The van der Waals surface area contributed by atoms with Gasteiger partial charge in [-0.15, -0.1) is 0 Å². The van der Waals surface area contributed by atoms with Crippen LogP contribution in [0.1, 0.15) is 25.0 Å². The lowest BCUT2D eigenvalue weighted by Gasteiger charge is -2.11. The van der Waals surface area contributed by atoms with E-state index in [-0.39, 0.29) is 11.1 Å². The van der Waals surface area contributed by atoms with Crippen molar-refractivity contribution in [1.29, 1.82) is 0 Å². The van der Waals surface area contributed by atoms with Gasteiger partial charge in [0, 0.05) is 17.9 Å². The second-order valence-corrected chi connectivity index (χ2v) is 9.44. The third kappa shape index (κ3) is 5.47. The molecule has 3 N–H and O–H groups in total. The topological polar surface area (TPSA) is 82.6 Å². The summed E-state index contributed by atoms with van der Waals surface area (Å²) in [6.07, 6.45) is 0.823. The number of rotatable bonds is 7. The van der Waals surface area contributed by atoms with Gasteiger partial charge >= 0.3 is 0 Å². The number of aliphatic imine (C=N–C) groups is 1. The molecule has 0 fully saturated rings. The van der Waals surface area contributed by atoms with Crippen LogP contribution in [-0.4, -0.2) is 38.6 Å². The van der Waals surface area contributed by atoms with Gasteiger partial charge in [0.05, 0.1) is 11.8 Å². The molecule has 2 aromatic rings. The van der Waals surface area contributed by atoms with Crippen molar-refractivity contribution in [2.24, 2.45) is 4.99 Å². The van der Waals surface area contributed by atoms with Crippen LogP contribution in [0.3, 0.4) is 0 Å². The molecule has 2 aromatic carbocycles. The zero-order valence-corrected chi connectivity index (χ0v) is 16.5. The molecule has 0 unspecified atom stereocenters. The van der Waals surface area contributed by atoms with E-state index < -0.39 is 9.84 Å². The molecule has 0 radical (unpaired) electrons. The first-order valence-electron chi connectivity index (χ1n) is 9.11. The van der Waals surface area contributed by atoms with Crippen LogP contribution in [0.4, 0.5) is 11.4 Å². The second-order valence-electron chi connectivity index (χ2n) is 6.89. The number of benzene rings is 2. The highest BCUT2D eigenvalue weighted by molar-refractivity contribution is 7.92. The van der Waals surface area contributed by atoms with Crippen LogP contribution in [0, 0.1) is 0 Å². The minimum atomic E-state index is -3.10. The first-order valence-corrected chi connectivity index (χ1v) is 10.8. The minimum Gasteiger partial charge on any atom is -0.372 e. The van der Waals surface area contributed by atoms with E-state index in [0.717, 1.165) is 36.8 Å². The van der Waals surface area contributed by atoms with Crippen molar-refractivity contribution in [3.05, 3.63) is 59.7 Å². The Balaban J connectivity index is 1.55. The molecular weight excluding hydrogens is 360 g/mol. The normalized spacial score (nSPS) is 14.0. The lowest BCUT2D eigenvalue weighted by molar-refractivity contribution is 0.589. The predicted molar refractivity (Wildman–Crippen MR) is 112 cm³/mol. The summed E-state index contributed by atoms with van der Waals surface area (Å²) in [6, 6.07) is 16.2. The monoisotopic (exact) mass is 386 g/mol. The summed E-state index contributed by atoms with van der Waals surface area (Å²) in [6.45, 7) is 5.08. The molecule has 3 rings (SSSR count). The molecule has 144 valence electrons. The average molecular weight is 387 g/mol.